The van der Waals surface area contributed by atoms with E-state index in [1.807, 2.05) is 6.92 Å². The molecule has 0 aromatic carbocycles. The number of likely N-dealkylation sites (N-methyl/N-ethyl adjacent to an activating group) is 1. The lowest BCUT2D eigenvalue weighted by molar-refractivity contribution is -0.121. The number of carbonyl (C=O) groups excluding carboxylic acids is 2. The monoisotopic (exact) mass is 333 g/mol. The van der Waals surface area contributed by atoms with Crippen LogP contribution in [0.1, 0.15) is 46.1 Å². The van der Waals surface area contributed by atoms with Gasteiger partial charge in [-0.25, -0.2) is 0 Å². The van der Waals surface area contributed by atoms with Crippen molar-refractivity contribution >= 4 is 11.8 Å². The Hall–Kier alpha value is -2.54. The van der Waals surface area contributed by atoms with E-state index in [1.165, 1.54) is 11.2 Å². The van der Waals surface area contributed by atoms with E-state index in [-0.39, 0.29) is 24.9 Å². The molecule has 7 heteroatoms. The highest BCUT2D eigenvalue weighted by atomic mass is 16.3. The van der Waals surface area contributed by atoms with E-state index in [0.29, 0.717) is 22.6 Å². The van der Waals surface area contributed by atoms with Crippen LogP contribution in [-0.2, 0) is 11.3 Å². The molecule has 1 atom stereocenters. The van der Waals surface area contributed by atoms with Crippen molar-refractivity contribution in [2.24, 2.45) is 0 Å². The first kappa shape index (κ1) is 17.8. The maximum atomic E-state index is 12.5. The average Bonchev–Trinajstić information content (AvgIpc) is 3.12. The molecule has 2 rings (SSSR count). The molecule has 7 nitrogen and oxygen atoms in total. The molecule has 0 saturated heterocycles. The summed E-state index contributed by atoms with van der Waals surface area (Å²) in [6.07, 6.45) is 0.873. The molecule has 2 heterocycles. The van der Waals surface area contributed by atoms with Crippen molar-refractivity contribution in [1.29, 1.82) is 0 Å². The standard InChI is InChI=1S/C17H23N3O4/c1-10-15(12(3)21)11(2)19-16(10)17(23)20(4)9-14(22)18-8-13-6-5-7-24-13/h5-7,12,19,21H,8-9H2,1-4H3,(H,18,22)/t12-/m1/s1. The summed E-state index contributed by atoms with van der Waals surface area (Å²) in [6, 6.07) is 3.50. The summed E-state index contributed by atoms with van der Waals surface area (Å²) in [7, 11) is 1.56. The van der Waals surface area contributed by atoms with Crippen molar-refractivity contribution < 1.29 is 19.1 Å². The zero-order valence-corrected chi connectivity index (χ0v) is 14.3. The molecule has 0 aliphatic carbocycles. The molecule has 2 aromatic rings. The summed E-state index contributed by atoms with van der Waals surface area (Å²) in [5, 5.41) is 12.5. The summed E-state index contributed by atoms with van der Waals surface area (Å²) in [6.45, 7) is 5.45. The first-order chi connectivity index (χ1) is 11.3. The van der Waals surface area contributed by atoms with Crippen LogP contribution in [0.25, 0.3) is 0 Å². The summed E-state index contributed by atoms with van der Waals surface area (Å²) in [5.74, 6) is 0.0734. The van der Waals surface area contributed by atoms with Gasteiger partial charge in [-0.2, -0.15) is 0 Å². The van der Waals surface area contributed by atoms with Gasteiger partial charge in [0.15, 0.2) is 0 Å². The Morgan fingerprint density at radius 1 is 1.42 bits per heavy atom. The van der Waals surface area contributed by atoms with E-state index in [4.69, 9.17) is 4.42 Å². The van der Waals surface area contributed by atoms with Crippen LogP contribution in [0.15, 0.2) is 22.8 Å². The zero-order valence-electron chi connectivity index (χ0n) is 14.3. The van der Waals surface area contributed by atoms with Crippen LogP contribution in [0.4, 0.5) is 0 Å². The number of nitrogens with one attached hydrogen (secondary N) is 2. The predicted octanol–water partition coefficient (Wildman–Crippen LogP) is 1.67. The van der Waals surface area contributed by atoms with E-state index in [1.54, 1.807) is 33.0 Å². The number of amides is 2. The Morgan fingerprint density at radius 3 is 2.67 bits per heavy atom. The number of aliphatic hydroxyl groups excluding tert-OH is 1. The summed E-state index contributed by atoms with van der Waals surface area (Å²) >= 11 is 0. The van der Waals surface area contributed by atoms with Gasteiger partial charge in [-0.15, -0.1) is 0 Å². The van der Waals surface area contributed by atoms with Crippen LogP contribution in [0.5, 0.6) is 0 Å². The van der Waals surface area contributed by atoms with Gasteiger partial charge in [0.05, 0.1) is 25.5 Å². The first-order valence-electron chi connectivity index (χ1n) is 7.73. The van der Waals surface area contributed by atoms with Gasteiger partial charge in [0, 0.05) is 18.3 Å². The van der Waals surface area contributed by atoms with E-state index < -0.39 is 6.10 Å². The van der Waals surface area contributed by atoms with Crippen LogP contribution >= 0.6 is 0 Å². The lowest BCUT2D eigenvalue weighted by Crippen LogP contribution is -2.38. The van der Waals surface area contributed by atoms with Gasteiger partial charge in [0.25, 0.3) is 5.91 Å². The van der Waals surface area contributed by atoms with Crippen LogP contribution in [0, 0.1) is 13.8 Å². The van der Waals surface area contributed by atoms with Crippen LogP contribution in [0.3, 0.4) is 0 Å². The molecule has 3 N–H and O–H groups in total. The second-order valence-electron chi connectivity index (χ2n) is 5.86. The molecule has 2 aromatic heterocycles. The van der Waals surface area contributed by atoms with Crippen molar-refractivity contribution in [2.75, 3.05) is 13.6 Å². The third-order valence-corrected chi connectivity index (χ3v) is 3.89. The van der Waals surface area contributed by atoms with Gasteiger partial charge in [-0.05, 0) is 38.5 Å². The number of aryl methyl sites for hydroxylation is 1. The van der Waals surface area contributed by atoms with Gasteiger partial charge in [0.1, 0.15) is 11.5 Å². The quantitative estimate of drug-likeness (QED) is 0.749. The van der Waals surface area contributed by atoms with Crippen molar-refractivity contribution in [3.05, 3.63) is 46.7 Å². The molecular weight excluding hydrogens is 310 g/mol. The number of H-pyrrole nitrogens is 1. The Morgan fingerprint density at radius 2 is 2.12 bits per heavy atom. The number of furan rings is 1. The molecule has 0 aliphatic heterocycles. The van der Waals surface area contributed by atoms with E-state index >= 15 is 0 Å². The predicted molar refractivity (Wildman–Crippen MR) is 88.4 cm³/mol. The Bertz CT molecular complexity index is 717. The molecule has 2 amide bonds. The molecule has 0 spiro atoms. The number of carbonyl (C=O) groups is 2. The third kappa shape index (κ3) is 3.86. The summed E-state index contributed by atoms with van der Waals surface area (Å²) in [5.41, 5.74) is 2.57. The van der Waals surface area contributed by atoms with Gasteiger partial charge in [-0.3, -0.25) is 9.59 Å². The molecular formula is C17H23N3O4. The topological polar surface area (TPSA) is 98.6 Å². The highest BCUT2D eigenvalue weighted by molar-refractivity contribution is 5.96. The van der Waals surface area contributed by atoms with Gasteiger partial charge < -0.3 is 24.7 Å². The van der Waals surface area contributed by atoms with Crippen LogP contribution in [0.2, 0.25) is 0 Å². The number of aromatic nitrogens is 1. The van der Waals surface area contributed by atoms with E-state index in [2.05, 4.69) is 10.3 Å². The maximum absolute atomic E-state index is 12.5. The molecule has 0 fully saturated rings. The Kier molecular flexibility index (Phi) is 5.46. The van der Waals surface area contributed by atoms with Crippen molar-refractivity contribution in [2.45, 2.75) is 33.4 Å². The molecule has 0 saturated carbocycles. The van der Waals surface area contributed by atoms with Crippen molar-refractivity contribution in [3.63, 3.8) is 0 Å². The lowest BCUT2D eigenvalue weighted by atomic mass is 10.1. The molecule has 24 heavy (non-hydrogen) atoms. The maximum Gasteiger partial charge on any atom is 0.270 e. The van der Waals surface area contributed by atoms with Gasteiger partial charge in [0.2, 0.25) is 5.91 Å². The van der Waals surface area contributed by atoms with E-state index in [9.17, 15) is 14.7 Å². The normalized spacial score (nSPS) is 12.0. The van der Waals surface area contributed by atoms with Gasteiger partial charge in [-0.1, -0.05) is 0 Å². The second-order valence-corrected chi connectivity index (χ2v) is 5.86. The Balaban J connectivity index is 1.99. The average molecular weight is 333 g/mol. The van der Waals surface area contributed by atoms with Crippen LogP contribution in [-0.4, -0.2) is 40.4 Å². The first-order valence-corrected chi connectivity index (χ1v) is 7.73. The van der Waals surface area contributed by atoms with Crippen LogP contribution < -0.4 is 5.32 Å². The fourth-order valence-corrected chi connectivity index (χ4v) is 2.74. The highest BCUT2D eigenvalue weighted by Gasteiger charge is 2.23. The minimum absolute atomic E-state index is 0.0684. The van der Waals surface area contributed by atoms with Crippen molar-refractivity contribution in [3.8, 4) is 0 Å². The zero-order chi connectivity index (χ0) is 17.9. The summed E-state index contributed by atoms with van der Waals surface area (Å²) < 4.78 is 5.14. The number of hydrogen-bond acceptors (Lipinski definition) is 4. The van der Waals surface area contributed by atoms with E-state index in [0.717, 1.165) is 5.69 Å². The second kappa shape index (κ2) is 7.35. The highest BCUT2D eigenvalue weighted by Crippen LogP contribution is 2.25. The number of rotatable bonds is 6. The molecule has 0 radical (unpaired) electrons. The SMILES string of the molecule is Cc1[nH]c(C(=O)N(C)CC(=O)NCc2ccco2)c(C)c1[C@@H](C)O. The minimum atomic E-state index is -0.662. The fraction of sp³-hybridized carbons (Fsp3) is 0.412. The molecule has 0 unspecified atom stereocenters. The Labute approximate surface area is 140 Å². The molecule has 0 bridgehead atoms. The number of aromatic amines is 1. The van der Waals surface area contributed by atoms with Crippen molar-refractivity contribution in [1.82, 2.24) is 15.2 Å². The number of nitrogens with zero attached hydrogens (tertiary/aromatic N) is 1. The fourth-order valence-electron chi connectivity index (χ4n) is 2.74. The third-order valence-electron chi connectivity index (χ3n) is 3.89. The number of aliphatic hydroxyl groups is 1. The summed E-state index contributed by atoms with van der Waals surface area (Å²) in [4.78, 5) is 28.8. The minimum Gasteiger partial charge on any atom is -0.467 e. The molecule has 0 aliphatic rings. The van der Waals surface area contributed by atoms with Gasteiger partial charge >= 0.3 is 0 Å². The molecule has 130 valence electrons. The largest absolute Gasteiger partial charge is 0.467 e. The lowest BCUT2D eigenvalue weighted by Gasteiger charge is -2.16. The smallest absolute Gasteiger partial charge is 0.270 e. The number of hydrogen-bond donors (Lipinski definition) is 3.